The molecule has 0 bridgehead atoms. The topological polar surface area (TPSA) is 106 Å². The lowest BCUT2D eigenvalue weighted by Crippen LogP contribution is -2.52. The highest BCUT2D eigenvalue weighted by Gasteiger charge is 2.46. The number of hydrogen-bond donors (Lipinski definition) is 3. The minimum absolute atomic E-state index is 0.0233. The predicted octanol–water partition coefficient (Wildman–Crippen LogP) is 3.52. The number of aliphatic hydroxyl groups excluding tert-OH is 1. The van der Waals surface area contributed by atoms with Crippen LogP contribution >= 0.6 is 0 Å². The molecule has 36 heavy (non-hydrogen) atoms. The van der Waals surface area contributed by atoms with Crippen molar-refractivity contribution in [2.75, 3.05) is 13.7 Å². The van der Waals surface area contributed by atoms with E-state index in [1.54, 1.807) is 13.3 Å². The van der Waals surface area contributed by atoms with Gasteiger partial charge in [-0.3, -0.25) is 4.79 Å². The number of nitrogens with zero attached hydrogens (tertiary/aromatic N) is 2. The summed E-state index contributed by atoms with van der Waals surface area (Å²) in [5.74, 6) is 1.03. The van der Waals surface area contributed by atoms with Gasteiger partial charge in [0.05, 0.1) is 19.3 Å². The predicted molar refractivity (Wildman–Crippen MR) is 138 cm³/mol. The van der Waals surface area contributed by atoms with Gasteiger partial charge in [-0.1, -0.05) is 20.8 Å². The molecule has 2 aromatic rings. The van der Waals surface area contributed by atoms with Crippen molar-refractivity contribution in [3.05, 3.63) is 47.3 Å². The number of pyridine rings is 2. The summed E-state index contributed by atoms with van der Waals surface area (Å²) in [6, 6.07) is 5.47. The van der Waals surface area contributed by atoms with Crippen LogP contribution in [0.3, 0.4) is 0 Å². The van der Waals surface area contributed by atoms with Crippen molar-refractivity contribution in [3.63, 3.8) is 0 Å². The van der Waals surface area contributed by atoms with E-state index in [2.05, 4.69) is 42.5 Å². The molecule has 2 aromatic heterocycles. The Balaban J connectivity index is 1.50. The van der Waals surface area contributed by atoms with Gasteiger partial charge in [-0.15, -0.1) is 0 Å². The van der Waals surface area contributed by atoms with Crippen LogP contribution in [-0.4, -0.2) is 52.4 Å². The molecule has 8 nitrogen and oxygen atoms in total. The summed E-state index contributed by atoms with van der Waals surface area (Å²) >= 11 is 0. The quantitative estimate of drug-likeness (QED) is 0.488. The first-order chi connectivity index (χ1) is 17.1. The Morgan fingerprint density at radius 3 is 2.69 bits per heavy atom. The third-order valence-electron chi connectivity index (χ3n) is 7.09. The molecule has 8 heteroatoms. The third-order valence-corrected chi connectivity index (χ3v) is 7.09. The number of amides is 1. The Morgan fingerprint density at radius 1 is 1.28 bits per heavy atom. The standard InChI is InChI=1S/C28H40N4O4/c1-18(33)32-22(12-19-7-10-29-25(13-19)35-5)24(34)17-30-23-15-28(8-6-9-28)36-26-21(23)11-20(16-31-26)14-27(2,3)4/h7,10-11,13,16,22-24,30,34H,6,8-9,12,14-15,17H2,1-5H3,(H,32,33)/t22-,23-,24+/m0/s1. The third kappa shape index (κ3) is 6.53. The Kier molecular flexibility index (Phi) is 7.85. The van der Waals surface area contributed by atoms with E-state index >= 15 is 0 Å². The molecule has 0 radical (unpaired) electrons. The molecule has 1 aliphatic carbocycles. The van der Waals surface area contributed by atoms with Crippen molar-refractivity contribution in [1.29, 1.82) is 0 Å². The Morgan fingerprint density at radius 2 is 2.06 bits per heavy atom. The lowest BCUT2D eigenvalue weighted by Gasteiger charge is -2.47. The van der Waals surface area contributed by atoms with Crippen molar-refractivity contribution < 1.29 is 19.4 Å². The van der Waals surface area contributed by atoms with Crippen molar-refractivity contribution in [2.24, 2.45) is 5.41 Å². The lowest BCUT2D eigenvalue weighted by atomic mass is 9.73. The summed E-state index contributed by atoms with van der Waals surface area (Å²) in [6.07, 6.45) is 8.26. The second kappa shape index (κ2) is 10.7. The number of ether oxygens (including phenoxy) is 2. The molecule has 2 aliphatic rings. The van der Waals surface area contributed by atoms with Gasteiger partial charge < -0.3 is 25.2 Å². The van der Waals surface area contributed by atoms with Crippen LogP contribution in [0.2, 0.25) is 0 Å². The lowest BCUT2D eigenvalue weighted by molar-refractivity contribution is -0.120. The van der Waals surface area contributed by atoms with Gasteiger partial charge in [0.15, 0.2) is 0 Å². The van der Waals surface area contributed by atoms with Crippen molar-refractivity contribution >= 4 is 5.91 Å². The van der Waals surface area contributed by atoms with E-state index in [0.29, 0.717) is 24.7 Å². The summed E-state index contributed by atoms with van der Waals surface area (Å²) in [7, 11) is 1.57. The summed E-state index contributed by atoms with van der Waals surface area (Å²) < 4.78 is 11.6. The number of hydrogen-bond acceptors (Lipinski definition) is 7. The zero-order chi connectivity index (χ0) is 25.9. The summed E-state index contributed by atoms with van der Waals surface area (Å²) in [6.45, 7) is 8.46. The zero-order valence-corrected chi connectivity index (χ0v) is 22.1. The molecule has 3 heterocycles. The number of rotatable bonds is 9. The number of nitrogens with one attached hydrogen (secondary N) is 2. The first-order valence-corrected chi connectivity index (χ1v) is 12.9. The van der Waals surface area contributed by atoms with Crippen LogP contribution in [0.1, 0.15) is 76.1 Å². The maximum Gasteiger partial charge on any atom is 0.218 e. The largest absolute Gasteiger partial charge is 0.481 e. The molecular formula is C28H40N4O4. The molecule has 1 aliphatic heterocycles. The van der Waals surface area contributed by atoms with Crippen LogP contribution in [0, 0.1) is 5.41 Å². The maximum atomic E-state index is 11.9. The molecule has 3 N–H and O–H groups in total. The molecule has 1 fully saturated rings. The SMILES string of the molecule is COc1cc(C[C@H](NC(C)=O)[C@H](O)CN[C@H]2CC3(CCC3)Oc3ncc(CC(C)(C)C)cc32)ccn1. The van der Waals surface area contributed by atoms with Crippen LogP contribution in [0.15, 0.2) is 30.6 Å². The Hall–Kier alpha value is -2.71. The minimum Gasteiger partial charge on any atom is -0.481 e. The van der Waals surface area contributed by atoms with E-state index in [0.717, 1.165) is 43.2 Å². The van der Waals surface area contributed by atoms with E-state index in [1.165, 1.54) is 12.5 Å². The number of fused-ring (bicyclic) bond motifs is 1. The van der Waals surface area contributed by atoms with Gasteiger partial charge >= 0.3 is 0 Å². The number of carbonyl (C=O) groups is 1. The van der Waals surface area contributed by atoms with Crippen LogP contribution in [0.25, 0.3) is 0 Å². The zero-order valence-electron chi connectivity index (χ0n) is 22.1. The average Bonchev–Trinajstić information content (AvgIpc) is 2.79. The van der Waals surface area contributed by atoms with Crippen molar-refractivity contribution in [2.45, 2.75) is 90.0 Å². The first kappa shape index (κ1) is 26.4. The molecule has 4 rings (SSSR count). The van der Waals surface area contributed by atoms with Gasteiger partial charge in [-0.2, -0.15) is 0 Å². The van der Waals surface area contributed by atoms with Crippen LogP contribution in [-0.2, 0) is 17.6 Å². The fraction of sp³-hybridized carbons (Fsp3) is 0.607. The fourth-order valence-corrected chi connectivity index (χ4v) is 5.24. The molecule has 0 saturated heterocycles. The number of aliphatic hydroxyl groups is 1. The van der Waals surface area contributed by atoms with Gasteiger partial charge in [-0.05, 0) is 60.8 Å². The first-order valence-electron chi connectivity index (χ1n) is 12.9. The smallest absolute Gasteiger partial charge is 0.218 e. The maximum absolute atomic E-state index is 11.9. The van der Waals surface area contributed by atoms with E-state index in [4.69, 9.17) is 14.5 Å². The highest BCUT2D eigenvalue weighted by atomic mass is 16.5. The average molecular weight is 497 g/mol. The molecule has 0 unspecified atom stereocenters. The highest BCUT2D eigenvalue weighted by molar-refractivity contribution is 5.73. The van der Waals surface area contributed by atoms with Gasteiger partial charge in [-0.25, -0.2) is 9.97 Å². The monoisotopic (exact) mass is 496 g/mol. The molecular weight excluding hydrogens is 456 g/mol. The molecule has 1 amide bonds. The number of aromatic nitrogens is 2. The molecule has 196 valence electrons. The molecule has 1 spiro atoms. The fourth-order valence-electron chi connectivity index (χ4n) is 5.24. The normalized spacial score (nSPS) is 20.0. The van der Waals surface area contributed by atoms with Crippen LogP contribution < -0.4 is 20.1 Å². The minimum atomic E-state index is -0.789. The van der Waals surface area contributed by atoms with Crippen molar-refractivity contribution in [3.8, 4) is 11.8 Å². The molecule has 3 atom stereocenters. The van der Waals surface area contributed by atoms with E-state index < -0.39 is 12.1 Å². The van der Waals surface area contributed by atoms with Gasteiger partial charge in [0.25, 0.3) is 0 Å². The second-order valence-corrected chi connectivity index (χ2v) is 11.6. The summed E-state index contributed by atoms with van der Waals surface area (Å²) in [5.41, 5.74) is 3.15. The Labute approximate surface area is 214 Å². The Bertz CT molecular complexity index is 1060. The van der Waals surface area contributed by atoms with E-state index in [9.17, 15) is 9.90 Å². The van der Waals surface area contributed by atoms with Gasteiger partial charge in [0.1, 0.15) is 5.60 Å². The van der Waals surface area contributed by atoms with Gasteiger partial charge in [0, 0.05) is 50.0 Å². The molecule has 1 saturated carbocycles. The molecule has 0 aromatic carbocycles. The number of methoxy groups -OCH3 is 1. The summed E-state index contributed by atoms with van der Waals surface area (Å²) in [4.78, 5) is 20.8. The van der Waals surface area contributed by atoms with E-state index in [-0.39, 0.29) is 23.0 Å². The van der Waals surface area contributed by atoms with Crippen LogP contribution in [0.4, 0.5) is 0 Å². The van der Waals surface area contributed by atoms with Crippen molar-refractivity contribution in [1.82, 2.24) is 20.6 Å². The van der Waals surface area contributed by atoms with Crippen LogP contribution in [0.5, 0.6) is 11.8 Å². The van der Waals surface area contributed by atoms with Gasteiger partial charge in [0.2, 0.25) is 17.7 Å². The second-order valence-electron chi connectivity index (χ2n) is 11.6. The highest BCUT2D eigenvalue weighted by Crippen LogP contribution is 2.48. The summed E-state index contributed by atoms with van der Waals surface area (Å²) in [5, 5.41) is 17.7. The van der Waals surface area contributed by atoms with E-state index in [1.807, 2.05) is 18.3 Å². The number of carbonyl (C=O) groups excluding carboxylic acids is 1.